The number of methoxy groups -OCH3 is 1. The highest BCUT2D eigenvalue weighted by molar-refractivity contribution is 5.86. The van der Waals surface area contributed by atoms with Gasteiger partial charge in [-0.1, -0.05) is 12.1 Å². The van der Waals surface area contributed by atoms with Crippen LogP contribution in [0.25, 0.3) is 0 Å². The zero-order valence-electron chi connectivity index (χ0n) is 7.76. The normalized spacial score (nSPS) is 9.46. The third kappa shape index (κ3) is 2.21. The molecule has 1 N–H and O–H groups in total. The van der Waals surface area contributed by atoms with Crippen LogP contribution in [0, 0.1) is 13.8 Å². The molecule has 0 saturated heterocycles. The van der Waals surface area contributed by atoms with E-state index in [0.717, 1.165) is 11.1 Å². The minimum absolute atomic E-state index is 0.476. The largest absolute Gasteiger partial charge is 0.453 e. The number of nitrogens with one attached hydrogen (secondary N) is 1. The first-order valence-electron chi connectivity index (χ1n) is 3.91. The van der Waals surface area contributed by atoms with Crippen LogP contribution in [0.2, 0.25) is 0 Å². The molecule has 0 bridgehead atoms. The number of ether oxygens (including phenoxy) is 1. The topological polar surface area (TPSA) is 38.3 Å². The van der Waals surface area contributed by atoms with E-state index >= 15 is 0 Å². The highest BCUT2D eigenvalue weighted by Crippen LogP contribution is 2.17. The molecule has 1 radical (unpaired) electrons. The zero-order valence-corrected chi connectivity index (χ0v) is 7.76. The first kappa shape index (κ1) is 9.58. The molecular formula is C10H12NO2. The van der Waals surface area contributed by atoms with Crippen LogP contribution in [0.3, 0.4) is 0 Å². The second kappa shape index (κ2) is 3.94. The molecule has 1 amide bonds. The monoisotopic (exact) mass is 178 g/mol. The van der Waals surface area contributed by atoms with Crippen LogP contribution < -0.4 is 5.32 Å². The quantitative estimate of drug-likeness (QED) is 0.716. The molecule has 0 saturated carbocycles. The standard InChI is InChI=1S/C10H12NO2/c1-7-5-4-6-9(8(7)2)11-10(12)13-3/h4-6H,2H2,1,3H3,(H,11,12). The molecule has 0 aliphatic rings. The molecule has 0 unspecified atom stereocenters. The molecule has 1 rings (SSSR count). The van der Waals surface area contributed by atoms with Crippen molar-refractivity contribution in [2.24, 2.45) is 0 Å². The molecule has 13 heavy (non-hydrogen) atoms. The third-order valence-corrected chi connectivity index (χ3v) is 1.83. The number of anilines is 1. The second-order valence-corrected chi connectivity index (χ2v) is 2.72. The maximum Gasteiger partial charge on any atom is 0.411 e. The van der Waals surface area contributed by atoms with Crippen molar-refractivity contribution in [3.63, 3.8) is 0 Å². The molecule has 3 heteroatoms. The minimum Gasteiger partial charge on any atom is -0.453 e. The number of carbonyl (C=O) groups is 1. The fraction of sp³-hybridized carbons (Fsp3) is 0.200. The maximum absolute atomic E-state index is 10.9. The smallest absolute Gasteiger partial charge is 0.411 e. The number of rotatable bonds is 1. The van der Waals surface area contributed by atoms with Gasteiger partial charge in [0.1, 0.15) is 0 Å². The van der Waals surface area contributed by atoms with Crippen molar-refractivity contribution in [1.29, 1.82) is 0 Å². The van der Waals surface area contributed by atoms with E-state index in [1.165, 1.54) is 7.11 Å². The van der Waals surface area contributed by atoms with Crippen molar-refractivity contribution in [3.05, 3.63) is 36.2 Å². The van der Waals surface area contributed by atoms with Crippen LogP contribution in [0.5, 0.6) is 0 Å². The van der Waals surface area contributed by atoms with Crippen LogP contribution >= 0.6 is 0 Å². The Bertz CT molecular complexity index is 321. The molecule has 0 atom stereocenters. The minimum atomic E-state index is -0.476. The SMILES string of the molecule is [CH2]c1c(C)cccc1NC(=O)OC. The summed E-state index contributed by atoms with van der Waals surface area (Å²) in [6.45, 7) is 5.77. The van der Waals surface area contributed by atoms with Crippen molar-refractivity contribution < 1.29 is 9.53 Å². The van der Waals surface area contributed by atoms with Gasteiger partial charge >= 0.3 is 6.09 Å². The van der Waals surface area contributed by atoms with Gasteiger partial charge in [0.15, 0.2) is 0 Å². The Kier molecular flexibility index (Phi) is 2.90. The van der Waals surface area contributed by atoms with E-state index in [1.54, 1.807) is 6.07 Å². The number of aryl methyl sites for hydroxylation is 1. The number of amides is 1. The number of carbonyl (C=O) groups excluding carboxylic acids is 1. The Labute approximate surface area is 77.7 Å². The van der Waals surface area contributed by atoms with E-state index in [2.05, 4.69) is 17.0 Å². The van der Waals surface area contributed by atoms with Crippen molar-refractivity contribution in [2.45, 2.75) is 6.92 Å². The molecule has 0 aromatic heterocycles. The number of hydrogen-bond donors (Lipinski definition) is 1. The van der Waals surface area contributed by atoms with Gasteiger partial charge < -0.3 is 4.74 Å². The Balaban J connectivity index is 2.89. The lowest BCUT2D eigenvalue weighted by molar-refractivity contribution is 0.187. The van der Waals surface area contributed by atoms with Gasteiger partial charge in [-0.3, -0.25) is 5.32 Å². The lowest BCUT2D eigenvalue weighted by Crippen LogP contribution is -2.12. The third-order valence-electron chi connectivity index (χ3n) is 1.83. The highest BCUT2D eigenvalue weighted by atomic mass is 16.5. The number of benzene rings is 1. The van der Waals surface area contributed by atoms with Gasteiger partial charge in [0, 0.05) is 5.69 Å². The summed E-state index contributed by atoms with van der Waals surface area (Å²) in [5.74, 6) is 0. The van der Waals surface area contributed by atoms with Crippen LogP contribution in [-0.2, 0) is 4.74 Å². The molecule has 3 nitrogen and oxygen atoms in total. The molecule has 0 spiro atoms. The maximum atomic E-state index is 10.9. The average Bonchev–Trinajstić information content (AvgIpc) is 2.13. The van der Waals surface area contributed by atoms with Crippen molar-refractivity contribution in [3.8, 4) is 0 Å². The summed E-state index contributed by atoms with van der Waals surface area (Å²) in [6.07, 6.45) is -0.476. The Morgan fingerprint density at radius 3 is 2.85 bits per heavy atom. The average molecular weight is 178 g/mol. The first-order valence-corrected chi connectivity index (χ1v) is 3.91. The second-order valence-electron chi connectivity index (χ2n) is 2.72. The van der Waals surface area contributed by atoms with Gasteiger partial charge in [0.2, 0.25) is 0 Å². The van der Waals surface area contributed by atoms with Crippen LogP contribution in [-0.4, -0.2) is 13.2 Å². The van der Waals surface area contributed by atoms with E-state index in [4.69, 9.17) is 0 Å². The van der Waals surface area contributed by atoms with Crippen LogP contribution in [0.1, 0.15) is 11.1 Å². The molecule has 1 aromatic rings. The van der Waals surface area contributed by atoms with Gasteiger partial charge in [-0.2, -0.15) is 0 Å². The predicted molar refractivity (Wildman–Crippen MR) is 51.7 cm³/mol. The van der Waals surface area contributed by atoms with E-state index in [-0.39, 0.29) is 0 Å². The molecule has 0 aliphatic heterocycles. The summed E-state index contributed by atoms with van der Waals surface area (Å²) >= 11 is 0. The zero-order chi connectivity index (χ0) is 9.84. The molecule has 0 aliphatic carbocycles. The molecular weight excluding hydrogens is 166 g/mol. The Morgan fingerprint density at radius 1 is 1.54 bits per heavy atom. The predicted octanol–water partition coefficient (Wildman–Crippen LogP) is 2.36. The van der Waals surface area contributed by atoms with Gasteiger partial charge in [-0.15, -0.1) is 0 Å². The molecule has 69 valence electrons. The summed E-state index contributed by atoms with van der Waals surface area (Å²) in [5, 5.41) is 2.58. The van der Waals surface area contributed by atoms with Gasteiger partial charge in [0.25, 0.3) is 0 Å². The first-order chi connectivity index (χ1) is 6.15. The fourth-order valence-corrected chi connectivity index (χ4v) is 0.980. The number of hydrogen-bond acceptors (Lipinski definition) is 2. The van der Waals surface area contributed by atoms with Gasteiger partial charge in [-0.25, -0.2) is 4.79 Å². The lowest BCUT2D eigenvalue weighted by atomic mass is 10.1. The molecule has 0 fully saturated rings. The van der Waals surface area contributed by atoms with Gasteiger partial charge in [0.05, 0.1) is 7.11 Å². The summed E-state index contributed by atoms with van der Waals surface area (Å²) < 4.78 is 4.47. The van der Waals surface area contributed by atoms with E-state index in [9.17, 15) is 4.79 Å². The Hall–Kier alpha value is -1.51. The summed E-state index contributed by atoms with van der Waals surface area (Å²) in [6, 6.07) is 5.58. The molecule has 0 heterocycles. The Morgan fingerprint density at radius 2 is 2.23 bits per heavy atom. The summed E-state index contributed by atoms with van der Waals surface area (Å²) in [5.41, 5.74) is 2.54. The van der Waals surface area contributed by atoms with Gasteiger partial charge in [-0.05, 0) is 31.0 Å². The van der Waals surface area contributed by atoms with Crippen molar-refractivity contribution >= 4 is 11.8 Å². The van der Waals surface area contributed by atoms with Crippen molar-refractivity contribution in [1.82, 2.24) is 0 Å². The van der Waals surface area contributed by atoms with Crippen molar-refractivity contribution in [2.75, 3.05) is 12.4 Å². The highest BCUT2D eigenvalue weighted by Gasteiger charge is 2.04. The van der Waals surface area contributed by atoms with E-state index in [1.807, 2.05) is 19.1 Å². The summed E-state index contributed by atoms with van der Waals surface area (Å²) in [4.78, 5) is 10.9. The summed E-state index contributed by atoms with van der Waals surface area (Å²) in [7, 11) is 1.33. The van der Waals surface area contributed by atoms with E-state index in [0.29, 0.717) is 5.69 Å². The van der Waals surface area contributed by atoms with Crippen LogP contribution in [0.4, 0.5) is 10.5 Å². The van der Waals surface area contributed by atoms with Crippen LogP contribution in [0.15, 0.2) is 18.2 Å². The fourth-order valence-electron chi connectivity index (χ4n) is 0.980. The lowest BCUT2D eigenvalue weighted by Gasteiger charge is -2.08. The van der Waals surface area contributed by atoms with E-state index < -0.39 is 6.09 Å². The molecule has 1 aromatic carbocycles.